The monoisotopic (exact) mass is 247 g/mol. The Labute approximate surface area is 111 Å². The lowest BCUT2D eigenvalue weighted by atomic mass is 9.95. The third-order valence-corrected chi connectivity index (χ3v) is 3.83. The van der Waals surface area contributed by atoms with Crippen molar-refractivity contribution in [2.75, 3.05) is 13.6 Å². The molecule has 1 fully saturated rings. The minimum atomic E-state index is 0.691. The third kappa shape index (κ3) is 3.53. The summed E-state index contributed by atoms with van der Waals surface area (Å²) in [5, 5.41) is 3.15. The maximum atomic E-state index is 4.71. The first-order valence-electron chi connectivity index (χ1n) is 7.02. The second-order valence-corrected chi connectivity index (χ2v) is 5.61. The zero-order chi connectivity index (χ0) is 13.0. The molecule has 0 amide bonds. The fourth-order valence-electron chi connectivity index (χ4n) is 2.71. The molecule has 0 saturated carbocycles. The lowest BCUT2D eigenvalue weighted by Gasteiger charge is -2.36. The molecule has 18 heavy (non-hydrogen) atoms. The number of nitrogens with one attached hydrogen (secondary N) is 1. The van der Waals surface area contributed by atoms with Crippen LogP contribution in [0.15, 0.2) is 18.2 Å². The lowest BCUT2D eigenvalue weighted by Crippen LogP contribution is -2.40. The first kappa shape index (κ1) is 13.5. The van der Waals surface area contributed by atoms with Gasteiger partial charge in [0.15, 0.2) is 0 Å². The maximum Gasteiger partial charge on any atom is 0.0547 e. The van der Waals surface area contributed by atoms with Crippen LogP contribution in [0.3, 0.4) is 0 Å². The summed E-state index contributed by atoms with van der Waals surface area (Å²) in [5.74, 6) is 0.821. The van der Waals surface area contributed by atoms with E-state index in [1.807, 2.05) is 7.05 Å². The van der Waals surface area contributed by atoms with Crippen LogP contribution < -0.4 is 5.32 Å². The summed E-state index contributed by atoms with van der Waals surface area (Å²) in [6.45, 7) is 7.73. The van der Waals surface area contributed by atoms with E-state index in [4.69, 9.17) is 4.98 Å². The van der Waals surface area contributed by atoms with Gasteiger partial charge in [-0.1, -0.05) is 13.0 Å². The van der Waals surface area contributed by atoms with Crippen LogP contribution in [0, 0.1) is 5.92 Å². The van der Waals surface area contributed by atoms with Crippen LogP contribution in [-0.4, -0.2) is 29.5 Å². The van der Waals surface area contributed by atoms with Gasteiger partial charge < -0.3 is 5.32 Å². The van der Waals surface area contributed by atoms with E-state index in [1.165, 1.54) is 25.1 Å². The average molecular weight is 247 g/mol. The number of piperidine rings is 1. The van der Waals surface area contributed by atoms with Crippen molar-refractivity contribution in [2.24, 2.45) is 5.92 Å². The SMILES string of the molecule is CNCc1cccc(CN2CC(C)CCC2C)n1. The minimum Gasteiger partial charge on any atom is -0.314 e. The summed E-state index contributed by atoms with van der Waals surface area (Å²) in [6.07, 6.45) is 2.68. The van der Waals surface area contributed by atoms with Crippen LogP contribution in [0.25, 0.3) is 0 Å². The summed E-state index contributed by atoms with van der Waals surface area (Å²) in [5.41, 5.74) is 2.33. The van der Waals surface area contributed by atoms with E-state index in [0.717, 1.165) is 24.7 Å². The number of aromatic nitrogens is 1. The first-order chi connectivity index (χ1) is 8.69. The minimum absolute atomic E-state index is 0.691. The highest BCUT2D eigenvalue weighted by Gasteiger charge is 2.22. The summed E-state index contributed by atoms with van der Waals surface area (Å²) in [4.78, 5) is 7.28. The van der Waals surface area contributed by atoms with E-state index in [2.05, 4.69) is 42.3 Å². The van der Waals surface area contributed by atoms with Crippen LogP contribution >= 0.6 is 0 Å². The molecule has 2 heterocycles. The average Bonchev–Trinajstić information content (AvgIpc) is 2.35. The Morgan fingerprint density at radius 2 is 2.06 bits per heavy atom. The molecule has 2 unspecified atom stereocenters. The van der Waals surface area contributed by atoms with Crippen molar-refractivity contribution in [3.8, 4) is 0 Å². The van der Waals surface area contributed by atoms with Crippen LogP contribution in [0.1, 0.15) is 38.1 Å². The van der Waals surface area contributed by atoms with E-state index < -0.39 is 0 Å². The standard InChI is InChI=1S/C15H25N3/c1-12-7-8-13(2)18(10-12)11-15-6-4-5-14(17-15)9-16-3/h4-6,12-13,16H,7-11H2,1-3H3. The van der Waals surface area contributed by atoms with Gasteiger partial charge in [-0.2, -0.15) is 0 Å². The predicted octanol–water partition coefficient (Wildman–Crippen LogP) is 2.42. The fraction of sp³-hybridized carbons (Fsp3) is 0.667. The van der Waals surface area contributed by atoms with Gasteiger partial charge in [0.2, 0.25) is 0 Å². The molecule has 1 aromatic rings. The smallest absolute Gasteiger partial charge is 0.0547 e. The molecule has 0 aromatic carbocycles. The molecule has 1 aliphatic heterocycles. The van der Waals surface area contributed by atoms with Crippen molar-refractivity contribution < 1.29 is 0 Å². The zero-order valence-corrected chi connectivity index (χ0v) is 11.8. The molecule has 0 radical (unpaired) electrons. The quantitative estimate of drug-likeness (QED) is 0.885. The highest BCUT2D eigenvalue weighted by atomic mass is 15.2. The van der Waals surface area contributed by atoms with E-state index in [1.54, 1.807) is 0 Å². The van der Waals surface area contributed by atoms with E-state index in [0.29, 0.717) is 6.04 Å². The summed E-state index contributed by atoms with van der Waals surface area (Å²) >= 11 is 0. The van der Waals surface area contributed by atoms with Crippen LogP contribution in [0.2, 0.25) is 0 Å². The number of nitrogens with zero attached hydrogens (tertiary/aromatic N) is 2. The Morgan fingerprint density at radius 1 is 1.28 bits per heavy atom. The first-order valence-corrected chi connectivity index (χ1v) is 7.02. The van der Waals surface area contributed by atoms with Gasteiger partial charge in [-0.25, -0.2) is 0 Å². The van der Waals surface area contributed by atoms with E-state index in [-0.39, 0.29) is 0 Å². The molecule has 100 valence electrons. The number of hydrogen-bond acceptors (Lipinski definition) is 3. The van der Waals surface area contributed by atoms with Gasteiger partial charge in [-0.05, 0) is 44.9 Å². The fourth-order valence-corrected chi connectivity index (χ4v) is 2.71. The molecular weight excluding hydrogens is 222 g/mol. The van der Waals surface area contributed by atoms with Crippen molar-refractivity contribution in [3.05, 3.63) is 29.6 Å². The Kier molecular flexibility index (Phi) is 4.72. The van der Waals surface area contributed by atoms with E-state index >= 15 is 0 Å². The highest BCUT2D eigenvalue weighted by Crippen LogP contribution is 2.22. The molecule has 2 rings (SSSR count). The molecule has 3 nitrogen and oxygen atoms in total. The molecule has 0 bridgehead atoms. The van der Waals surface area contributed by atoms with Gasteiger partial charge in [0, 0.05) is 25.7 Å². The van der Waals surface area contributed by atoms with Gasteiger partial charge in [0.25, 0.3) is 0 Å². The second kappa shape index (κ2) is 6.30. The topological polar surface area (TPSA) is 28.2 Å². The van der Waals surface area contributed by atoms with Gasteiger partial charge in [-0.15, -0.1) is 0 Å². The molecule has 0 spiro atoms. The summed E-state index contributed by atoms with van der Waals surface area (Å²) in [6, 6.07) is 7.04. The highest BCUT2D eigenvalue weighted by molar-refractivity contribution is 5.11. The van der Waals surface area contributed by atoms with Crippen LogP contribution in [-0.2, 0) is 13.1 Å². The second-order valence-electron chi connectivity index (χ2n) is 5.61. The Morgan fingerprint density at radius 3 is 2.83 bits per heavy atom. The lowest BCUT2D eigenvalue weighted by molar-refractivity contribution is 0.116. The molecular formula is C15H25N3. The Bertz CT molecular complexity index is 378. The Hall–Kier alpha value is -0.930. The normalized spacial score (nSPS) is 25.3. The van der Waals surface area contributed by atoms with E-state index in [9.17, 15) is 0 Å². The third-order valence-electron chi connectivity index (χ3n) is 3.83. The van der Waals surface area contributed by atoms with Gasteiger partial charge in [-0.3, -0.25) is 9.88 Å². The van der Waals surface area contributed by atoms with Crippen molar-refractivity contribution in [1.29, 1.82) is 0 Å². The molecule has 1 N–H and O–H groups in total. The Balaban J connectivity index is 2.01. The van der Waals surface area contributed by atoms with Crippen LogP contribution in [0.5, 0.6) is 0 Å². The zero-order valence-electron chi connectivity index (χ0n) is 11.8. The van der Waals surface area contributed by atoms with Gasteiger partial charge in [0.05, 0.1) is 11.4 Å². The molecule has 1 aromatic heterocycles. The van der Waals surface area contributed by atoms with Crippen LogP contribution in [0.4, 0.5) is 0 Å². The van der Waals surface area contributed by atoms with Crippen molar-refractivity contribution in [3.63, 3.8) is 0 Å². The number of pyridine rings is 1. The number of hydrogen-bond donors (Lipinski definition) is 1. The van der Waals surface area contributed by atoms with Crippen molar-refractivity contribution in [1.82, 2.24) is 15.2 Å². The summed E-state index contributed by atoms with van der Waals surface area (Å²) in [7, 11) is 1.96. The molecule has 0 aliphatic carbocycles. The largest absolute Gasteiger partial charge is 0.314 e. The number of likely N-dealkylation sites (tertiary alicyclic amines) is 1. The maximum absolute atomic E-state index is 4.71. The molecule has 3 heteroatoms. The molecule has 1 aliphatic rings. The molecule has 2 atom stereocenters. The van der Waals surface area contributed by atoms with Crippen molar-refractivity contribution in [2.45, 2.75) is 45.8 Å². The predicted molar refractivity (Wildman–Crippen MR) is 75.3 cm³/mol. The molecule has 1 saturated heterocycles. The van der Waals surface area contributed by atoms with Crippen molar-refractivity contribution >= 4 is 0 Å². The summed E-state index contributed by atoms with van der Waals surface area (Å²) < 4.78 is 0. The van der Waals surface area contributed by atoms with Gasteiger partial charge in [0.1, 0.15) is 0 Å². The number of rotatable bonds is 4. The van der Waals surface area contributed by atoms with Gasteiger partial charge >= 0.3 is 0 Å².